The number of hydrazone groups is 1. The first-order valence-electron chi connectivity index (χ1n) is 7.33. The number of carbonyl (C=O) groups is 1. The van der Waals surface area contributed by atoms with Crippen LogP contribution in [-0.2, 0) is 4.79 Å². The molecule has 0 saturated carbocycles. The molecule has 7 heteroatoms. The van der Waals surface area contributed by atoms with Crippen molar-refractivity contribution >= 4 is 23.3 Å². The Morgan fingerprint density at radius 1 is 1.22 bits per heavy atom. The predicted octanol–water partition coefficient (Wildman–Crippen LogP) is 1.68. The number of aryl methyl sites for hydroxylation is 1. The molecule has 3 rings (SSSR count). The van der Waals surface area contributed by atoms with Gasteiger partial charge in [-0.2, -0.15) is 5.10 Å². The third kappa shape index (κ3) is 3.45. The van der Waals surface area contributed by atoms with Gasteiger partial charge in [-0.1, -0.05) is 19.1 Å². The Balaban J connectivity index is 1.79. The molecule has 1 aliphatic heterocycles. The summed E-state index contributed by atoms with van der Waals surface area (Å²) in [7, 11) is 0. The summed E-state index contributed by atoms with van der Waals surface area (Å²) < 4.78 is 0. The van der Waals surface area contributed by atoms with Crippen LogP contribution in [0.15, 0.2) is 40.2 Å². The SMILES string of the molecule is Cc1cc(=O)[nH]c(Nc2ccc(C3=NNC(=O)C[C@H]3C)cc2)n1. The number of rotatable bonds is 3. The van der Waals surface area contributed by atoms with Gasteiger partial charge in [-0.25, -0.2) is 10.4 Å². The van der Waals surface area contributed by atoms with Gasteiger partial charge >= 0.3 is 0 Å². The maximum Gasteiger partial charge on any atom is 0.252 e. The van der Waals surface area contributed by atoms with Crippen LogP contribution >= 0.6 is 0 Å². The molecule has 1 aromatic carbocycles. The predicted molar refractivity (Wildman–Crippen MR) is 87.8 cm³/mol. The zero-order valence-corrected chi connectivity index (χ0v) is 12.9. The van der Waals surface area contributed by atoms with Gasteiger partial charge in [-0.3, -0.25) is 14.6 Å². The highest BCUT2D eigenvalue weighted by Gasteiger charge is 2.21. The van der Waals surface area contributed by atoms with Crippen LogP contribution in [0.5, 0.6) is 0 Å². The van der Waals surface area contributed by atoms with E-state index in [0.29, 0.717) is 18.1 Å². The van der Waals surface area contributed by atoms with Crippen molar-refractivity contribution in [2.24, 2.45) is 11.0 Å². The van der Waals surface area contributed by atoms with E-state index < -0.39 is 0 Å². The average molecular weight is 311 g/mol. The Kier molecular flexibility index (Phi) is 3.92. The number of aromatic nitrogens is 2. The lowest BCUT2D eigenvalue weighted by Gasteiger charge is -2.19. The zero-order chi connectivity index (χ0) is 16.4. The number of benzene rings is 1. The second kappa shape index (κ2) is 6.04. The van der Waals surface area contributed by atoms with Crippen molar-refractivity contribution < 1.29 is 4.79 Å². The molecule has 1 atom stereocenters. The number of carbonyl (C=O) groups excluding carboxylic acids is 1. The fraction of sp³-hybridized carbons (Fsp3) is 0.250. The summed E-state index contributed by atoms with van der Waals surface area (Å²) in [5.41, 5.74) is 5.58. The third-order valence-electron chi connectivity index (χ3n) is 3.57. The smallest absolute Gasteiger partial charge is 0.252 e. The van der Waals surface area contributed by atoms with E-state index in [0.717, 1.165) is 17.0 Å². The lowest BCUT2D eigenvalue weighted by atomic mass is 9.94. The highest BCUT2D eigenvalue weighted by atomic mass is 16.2. The molecule has 0 saturated heterocycles. The summed E-state index contributed by atoms with van der Waals surface area (Å²) in [5, 5.41) is 7.19. The first kappa shape index (κ1) is 15.0. The van der Waals surface area contributed by atoms with Crippen LogP contribution in [0.4, 0.5) is 11.6 Å². The molecule has 0 unspecified atom stereocenters. The highest BCUT2D eigenvalue weighted by molar-refractivity contribution is 6.05. The molecule has 118 valence electrons. The molecule has 2 aromatic rings. The summed E-state index contributed by atoms with van der Waals surface area (Å²) >= 11 is 0. The van der Waals surface area contributed by atoms with Crippen LogP contribution in [0.25, 0.3) is 0 Å². The summed E-state index contributed by atoms with van der Waals surface area (Å²) in [6, 6.07) is 9.03. The van der Waals surface area contributed by atoms with E-state index in [4.69, 9.17) is 0 Å². The molecule has 0 aliphatic carbocycles. The van der Waals surface area contributed by atoms with Gasteiger partial charge in [0.1, 0.15) is 0 Å². The Labute approximate surface area is 132 Å². The Morgan fingerprint density at radius 2 is 1.96 bits per heavy atom. The number of aromatic amines is 1. The first-order valence-corrected chi connectivity index (χ1v) is 7.33. The van der Waals surface area contributed by atoms with E-state index in [1.54, 1.807) is 6.92 Å². The number of anilines is 2. The molecular weight excluding hydrogens is 294 g/mol. The van der Waals surface area contributed by atoms with Crippen LogP contribution in [0.1, 0.15) is 24.6 Å². The van der Waals surface area contributed by atoms with Gasteiger partial charge < -0.3 is 5.32 Å². The normalized spacial score (nSPS) is 17.4. The molecule has 1 aromatic heterocycles. The fourth-order valence-electron chi connectivity index (χ4n) is 2.50. The maximum absolute atomic E-state index is 11.4. The zero-order valence-electron chi connectivity index (χ0n) is 12.9. The fourth-order valence-corrected chi connectivity index (χ4v) is 2.50. The minimum Gasteiger partial charge on any atom is -0.326 e. The lowest BCUT2D eigenvalue weighted by molar-refractivity contribution is -0.121. The molecule has 1 amide bonds. The Hall–Kier alpha value is -2.96. The second-order valence-electron chi connectivity index (χ2n) is 5.57. The van der Waals surface area contributed by atoms with Crippen LogP contribution in [0.3, 0.4) is 0 Å². The van der Waals surface area contributed by atoms with Crippen molar-refractivity contribution in [2.45, 2.75) is 20.3 Å². The summed E-state index contributed by atoms with van der Waals surface area (Å²) in [5.74, 6) is 0.421. The minimum absolute atomic E-state index is 0.0611. The van der Waals surface area contributed by atoms with E-state index in [1.165, 1.54) is 6.07 Å². The first-order chi connectivity index (χ1) is 11.0. The minimum atomic E-state index is -0.197. The number of hydrogen-bond acceptors (Lipinski definition) is 5. The quantitative estimate of drug-likeness (QED) is 0.803. The number of H-pyrrole nitrogens is 1. The van der Waals surface area contributed by atoms with Crippen LogP contribution in [-0.4, -0.2) is 21.6 Å². The van der Waals surface area contributed by atoms with Gasteiger partial charge in [0.15, 0.2) is 0 Å². The molecule has 0 bridgehead atoms. The molecule has 23 heavy (non-hydrogen) atoms. The molecule has 7 nitrogen and oxygen atoms in total. The number of nitrogens with one attached hydrogen (secondary N) is 3. The standard InChI is InChI=1S/C16H17N5O2/c1-9-7-14(23)20-21-15(9)11-3-5-12(6-4-11)18-16-17-10(2)8-13(22)19-16/h3-6,8-9H,7H2,1-2H3,(H,20,23)(H2,17,18,19,22)/t9-/m1/s1. The van der Waals surface area contributed by atoms with Gasteiger partial charge in [-0.15, -0.1) is 0 Å². The molecule has 0 radical (unpaired) electrons. The maximum atomic E-state index is 11.4. The van der Waals surface area contributed by atoms with Crippen molar-refractivity contribution in [1.29, 1.82) is 0 Å². The molecule has 0 spiro atoms. The van der Waals surface area contributed by atoms with Gasteiger partial charge in [0.05, 0.1) is 5.71 Å². The molecule has 3 N–H and O–H groups in total. The number of amides is 1. The van der Waals surface area contributed by atoms with E-state index in [-0.39, 0.29) is 17.4 Å². The summed E-state index contributed by atoms with van der Waals surface area (Å²) in [6.45, 7) is 3.74. The monoisotopic (exact) mass is 311 g/mol. The molecular formula is C16H17N5O2. The van der Waals surface area contributed by atoms with Gasteiger partial charge in [0.25, 0.3) is 5.56 Å². The summed E-state index contributed by atoms with van der Waals surface area (Å²) in [4.78, 5) is 29.6. The van der Waals surface area contributed by atoms with Crippen LogP contribution in [0, 0.1) is 12.8 Å². The summed E-state index contributed by atoms with van der Waals surface area (Å²) in [6.07, 6.45) is 0.438. The van der Waals surface area contributed by atoms with Crippen molar-refractivity contribution in [3.63, 3.8) is 0 Å². The lowest BCUT2D eigenvalue weighted by Crippen LogP contribution is -2.31. The second-order valence-corrected chi connectivity index (χ2v) is 5.57. The molecule has 2 heterocycles. The highest BCUT2D eigenvalue weighted by Crippen LogP contribution is 2.19. The number of hydrogen-bond donors (Lipinski definition) is 3. The van der Waals surface area contributed by atoms with Crippen molar-refractivity contribution in [3.05, 3.63) is 51.9 Å². The Morgan fingerprint density at radius 3 is 2.61 bits per heavy atom. The topological polar surface area (TPSA) is 99.2 Å². The Bertz CT molecular complexity index is 823. The molecule has 1 aliphatic rings. The van der Waals surface area contributed by atoms with Crippen molar-refractivity contribution in [3.8, 4) is 0 Å². The van der Waals surface area contributed by atoms with Crippen molar-refractivity contribution in [2.75, 3.05) is 5.32 Å². The largest absolute Gasteiger partial charge is 0.326 e. The molecule has 0 fully saturated rings. The van der Waals surface area contributed by atoms with Gasteiger partial charge in [-0.05, 0) is 24.6 Å². The van der Waals surface area contributed by atoms with E-state index in [1.807, 2.05) is 31.2 Å². The third-order valence-corrected chi connectivity index (χ3v) is 3.57. The van der Waals surface area contributed by atoms with E-state index >= 15 is 0 Å². The van der Waals surface area contributed by atoms with Crippen LogP contribution < -0.4 is 16.3 Å². The van der Waals surface area contributed by atoms with Gasteiger partial charge in [0, 0.05) is 29.8 Å². The van der Waals surface area contributed by atoms with E-state index in [2.05, 4.69) is 25.8 Å². The number of nitrogens with zero attached hydrogens (tertiary/aromatic N) is 2. The van der Waals surface area contributed by atoms with Crippen LogP contribution in [0.2, 0.25) is 0 Å². The average Bonchev–Trinajstić information content (AvgIpc) is 2.47. The van der Waals surface area contributed by atoms with E-state index in [9.17, 15) is 9.59 Å². The van der Waals surface area contributed by atoms with Crippen molar-refractivity contribution in [1.82, 2.24) is 15.4 Å². The van der Waals surface area contributed by atoms with Gasteiger partial charge in [0.2, 0.25) is 11.9 Å².